The monoisotopic (exact) mass is 343 g/mol. The zero-order valence-electron chi connectivity index (χ0n) is 12.0. The van der Waals surface area contributed by atoms with Gasteiger partial charge in [0, 0.05) is 23.2 Å². The van der Waals surface area contributed by atoms with Gasteiger partial charge in [-0.15, -0.1) is 0 Å². The smallest absolute Gasteiger partial charge is 0.101 e. The lowest BCUT2D eigenvalue weighted by Crippen LogP contribution is -2.24. The quantitative estimate of drug-likeness (QED) is 0.822. The van der Waals surface area contributed by atoms with Crippen LogP contribution < -0.4 is 10.6 Å². The topological polar surface area (TPSA) is 53.0 Å². The fraction of sp³-hybridized carbons (Fsp3) is 0.235. The Kier molecular flexibility index (Phi) is 5.24. The van der Waals surface area contributed by atoms with Crippen molar-refractivity contribution in [3.63, 3.8) is 0 Å². The van der Waals surface area contributed by atoms with Crippen molar-refractivity contribution in [3.05, 3.63) is 58.1 Å². The first-order valence-corrected chi connectivity index (χ1v) is 7.73. The van der Waals surface area contributed by atoms with Crippen LogP contribution in [0.25, 0.3) is 0 Å². The Morgan fingerprint density at radius 1 is 1.24 bits per heavy atom. The first-order valence-electron chi connectivity index (χ1n) is 6.93. The summed E-state index contributed by atoms with van der Waals surface area (Å²) in [4.78, 5) is 2.21. The molecule has 0 aliphatic heterocycles. The Labute approximate surface area is 134 Å². The molecule has 0 aliphatic carbocycles. The van der Waals surface area contributed by atoms with E-state index in [-0.39, 0.29) is 0 Å². The van der Waals surface area contributed by atoms with Gasteiger partial charge in [-0.3, -0.25) is 0 Å². The van der Waals surface area contributed by atoms with Crippen molar-refractivity contribution in [1.82, 2.24) is 0 Å². The van der Waals surface area contributed by atoms with E-state index in [4.69, 9.17) is 5.73 Å². The van der Waals surface area contributed by atoms with E-state index in [1.807, 2.05) is 42.5 Å². The van der Waals surface area contributed by atoms with Gasteiger partial charge in [-0.2, -0.15) is 5.26 Å². The molecule has 2 aromatic carbocycles. The number of halogens is 1. The molecule has 4 heteroatoms. The molecular formula is C17H18BrN3. The highest BCUT2D eigenvalue weighted by Crippen LogP contribution is 2.26. The lowest BCUT2D eigenvalue weighted by molar-refractivity contribution is 0.767. The first kappa shape index (κ1) is 15.4. The Balaban J connectivity index is 2.36. The molecule has 3 nitrogen and oxygen atoms in total. The van der Waals surface area contributed by atoms with Gasteiger partial charge in [-0.25, -0.2) is 0 Å². The van der Waals surface area contributed by atoms with Crippen LogP contribution >= 0.6 is 15.9 Å². The van der Waals surface area contributed by atoms with Crippen molar-refractivity contribution < 1.29 is 0 Å². The molecule has 0 spiro atoms. The number of anilines is 2. The van der Waals surface area contributed by atoms with Crippen molar-refractivity contribution in [2.45, 2.75) is 19.9 Å². The summed E-state index contributed by atoms with van der Waals surface area (Å²) in [5, 5.41) is 9.36. The van der Waals surface area contributed by atoms with E-state index in [2.05, 4.69) is 33.8 Å². The van der Waals surface area contributed by atoms with Gasteiger partial charge >= 0.3 is 0 Å². The summed E-state index contributed by atoms with van der Waals surface area (Å²) in [7, 11) is 0. The standard InChI is InChI=1S/C17H18BrN3/c1-2-9-21(12-13-5-3-4-6-16(13)20)17-8-7-15(18)10-14(17)11-19/h3-8,10H,2,9,12,20H2,1H3. The van der Waals surface area contributed by atoms with Gasteiger partial charge in [0.25, 0.3) is 0 Å². The molecule has 0 saturated heterocycles. The molecule has 0 aromatic heterocycles. The van der Waals surface area contributed by atoms with Gasteiger partial charge in [0.1, 0.15) is 6.07 Å². The molecule has 2 N–H and O–H groups in total. The SMILES string of the molecule is CCCN(Cc1ccccc1N)c1ccc(Br)cc1C#N. The second kappa shape index (κ2) is 7.14. The van der Waals surface area contributed by atoms with Crippen LogP contribution in [0.4, 0.5) is 11.4 Å². The van der Waals surface area contributed by atoms with E-state index in [1.54, 1.807) is 0 Å². The Hall–Kier alpha value is -1.99. The Morgan fingerprint density at radius 3 is 2.67 bits per heavy atom. The van der Waals surface area contributed by atoms with Crippen molar-refractivity contribution in [2.24, 2.45) is 0 Å². The number of nitrogens with two attached hydrogens (primary N) is 1. The fourth-order valence-corrected chi connectivity index (χ4v) is 2.67. The number of rotatable bonds is 5. The van der Waals surface area contributed by atoms with E-state index in [1.165, 1.54) is 0 Å². The van der Waals surface area contributed by atoms with Crippen molar-refractivity contribution >= 4 is 27.3 Å². The third-order valence-electron chi connectivity index (χ3n) is 3.33. The van der Waals surface area contributed by atoms with Gasteiger partial charge in [0.2, 0.25) is 0 Å². The summed E-state index contributed by atoms with van der Waals surface area (Å²) in [5.41, 5.74) is 9.53. The summed E-state index contributed by atoms with van der Waals surface area (Å²) < 4.78 is 0.915. The molecule has 2 rings (SSSR count). The number of hydrogen-bond donors (Lipinski definition) is 1. The maximum Gasteiger partial charge on any atom is 0.101 e. The second-order valence-electron chi connectivity index (χ2n) is 4.89. The van der Waals surface area contributed by atoms with E-state index >= 15 is 0 Å². The van der Waals surface area contributed by atoms with E-state index < -0.39 is 0 Å². The predicted molar refractivity (Wildman–Crippen MR) is 91.1 cm³/mol. The molecule has 0 fully saturated rings. The van der Waals surface area contributed by atoms with Crippen LogP contribution in [0.1, 0.15) is 24.5 Å². The number of benzene rings is 2. The molecule has 0 saturated carbocycles. The van der Waals surface area contributed by atoms with Gasteiger partial charge in [-0.05, 0) is 36.2 Å². The third-order valence-corrected chi connectivity index (χ3v) is 3.82. The molecule has 0 atom stereocenters. The highest BCUT2D eigenvalue weighted by atomic mass is 79.9. The second-order valence-corrected chi connectivity index (χ2v) is 5.81. The van der Waals surface area contributed by atoms with Crippen LogP contribution in [-0.2, 0) is 6.54 Å². The van der Waals surface area contributed by atoms with Gasteiger partial charge in [-0.1, -0.05) is 41.1 Å². The largest absolute Gasteiger partial charge is 0.398 e. The van der Waals surface area contributed by atoms with Crippen molar-refractivity contribution in [1.29, 1.82) is 5.26 Å². The summed E-state index contributed by atoms with van der Waals surface area (Å²) in [6.07, 6.45) is 1.01. The van der Waals surface area contributed by atoms with Crippen LogP contribution in [0.5, 0.6) is 0 Å². The zero-order valence-corrected chi connectivity index (χ0v) is 13.6. The van der Waals surface area contributed by atoms with Crippen LogP contribution in [0.15, 0.2) is 46.9 Å². The minimum atomic E-state index is 0.673. The maximum absolute atomic E-state index is 9.36. The molecule has 0 heterocycles. The molecule has 0 unspecified atom stereocenters. The number of hydrogen-bond acceptors (Lipinski definition) is 3. The van der Waals surface area contributed by atoms with Gasteiger partial charge in [0.05, 0.1) is 11.3 Å². The average molecular weight is 344 g/mol. The average Bonchev–Trinajstić information content (AvgIpc) is 2.49. The summed E-state index contributed by atoms with van der Waals surface area (Å²) in [5.74, 6) is 0. The Bertz CT molecular complexity index is 661. The summed E-state index contributed by atoms with van der Waals surface area (Å²) in [6.45, 7) is 3.72. The van der Waals surface area contributed by atoms with E-state index in [0.717, 1.165) is 34.4 Å². The molecule has 0 radical (unpaired) electrons. The molecule has 0 bridgehead atoms. The normalized spacial score (nSPS) is 10.1. The van der Waals surface area contributed by atoms with Gasteiger partial charge in [0.15, 0.2) is 0 Å². The number of nitrogens with zero attached hydrogens (tertiary/aromatic N) is 2. The zero-order chi connectivity index (χ0) is 15.2. The van der Waals surface area contributed by atoms with Crippen LogP contribution in [0.2, 0.25) is 0 Å². The van der Waals surface area contributed by atoms with Crippen molar-refractivity contribution in [3.8, 4) is 6.07 Å². The number of nitriles is 1. The van der Waals surface area contributed by atoms with E-state index in [0.29, 0.717) is 12.1 Å². The molecule has 108 valence electrons. The van der Waals surface area contributed by atoms with Crippen LogP contribution in [0.3, 0.4) is 0 Å². The third kappa shape index (κ3) is 3.77. The molecular weight excluding hydrogens is 326 g/mol. The van der Waals surface area contributed by atoms with Crippen LogP contribution in [-0.4, -0.2) is 6.54 Å². The highest BCUT2D eigenvalue weighted by Gasteiger charge is 2.13. The molecule has 0 aliphatic rings. The lowest BCUT2D eigenvalue weighted by atomic mass is 10.1. The molecule has 21 heavy (non-hydrogen) atoms. The van der Waals surface area contributed by atoms with E-state index in [9.17, 15) is 5.26 Å². The first-order chi connectivity index (χ1) is 10.2. The molecule has 2 aromatic rings. The maximum atomic E-state index is 9.36. The minimum absolute atomic E-state index is 0.673. The highest BCUT2D eigenvalue weighted by molar-refractivity contribution is 9.10. The predicted octanol–water partition coefficient (Wildman–Crippen LogP) is 4.32. The van der Waals surface area contributed by atoms with Gasteiger partial charge < -0.3 is 10.6 Å². The number of para-hydroxylation sites is 1. The summed E-state index contributed by atoms with van der Waals surface area (Å²) >= 11 is 3.41. The lowest BCUT2D eigenvalue weighted by Gasteiger charge is -2.26. The molecule has 0 amide bonds. The number of nitrogen functional groups attached to an aromatic ring is 1. The van der Waals surface area contributed by atoms with Crippen molar-refractivity contribution in [2.75, 3.05) is 17.2 Å². The fourth-order valence-electron chi connectivity index (χ4n) is 2.31. The summed E-state index contributed by atoms with van der Waals surface area (Å²) in [6, 6.07) is 15.9. The minimum Gasteiger partial charge on any atom is -0.398 e. The Morgan fingerprint density at radius 2 is 2.00 bits per heavy atom. The van der Waals surface area contributed by atoms with Crippen LogP contribution in [0, 0.1) is 11.3 Å².